The van der Waals surface area contributed by atoms with Crippen LogP contribution < -0.4 is 24.4 Å². The van der Waals surface area contributed by atoms with Crippen molar-refractivity contribution in [3.63, 3.8) is 0 Å². The predicted octanol–water partition coefficient (Wildman–Crippen LogP) is 2.58. The number of nitrogens with one attached hydrogen (secondary N) is 1. The molecule has 0 radical (unpaired) electrons. The number of benzene rings is 2. The van der Waals surface area contributed by atoms with E-state index in [9.17, 15) is 4.79 Å². The molecule has 0 unspecified atom stereocenters. The van der Waals surface area contributed by atoms with Gasteiger partial charge in [0.15, 0.2) is 23.0 Å². The Labute approximate surface area is 157 Å². The van der Waals surface area contributed by atoms with Gasteiger partial charge in [0.2, 0.25) is 6.10 Å². The van der Waals surface area contributed by atoms with Gasteiger partial charge in [0.1, 0.15) is 6.61 Å². The van der Waals surface area contributed by atoms with Crippen molar-refractivity contribution in [1.29, 1.82) is 0 Å². The molecule has 0 aromatic heterocycles. The minimum Gasteiger partial charge on any atom is -0.493 e. The largest absolute Gasteiger partial charge is 0.493 e. The maximum absolute atomic E-state index is 12.3. The fourth-order valence-electron chi connectivity index (χ4n) is 2.70. The van der Waals surface area contributed by atoms with Crippen LogP contribution in [0.25, 0.3) is 0 Å². The van der Waals surface area contributed by atoms with Crippen molar-refractivity contribution in [3.8, 4) is 23.0 Å². The van der Waals surface area contributed by atoms with Gasteiger partial charge in [-0.25, -0.2) is 5.43 Å². The molecule has 1 heterocycles. The van der Waals surface area contributed by atoms with Gasteiger partial charge >= 0.3 is 0 Å². The second kappa shape index (κ2) is 8.44. The van der Waals surface area contributed by atoms with Crippen LogP contribution in [0.1, 0.15) is 12.5 Å². The van der Waals surface area contributed by atoms with E-state index in [4.69, 9.17) is 18.9 Å². The molecule has 0 saturated carbocycles. The Hall–Kier alpha value is -3.22. The maximum atomic E-state index is 12.3. The van der Waals surface area contributed by atoms with Crippen LogP contribution >= 0.6 is 0 Å². The van der Waals surface area contributed by atoms with Crippen LogP contribution in [-0.4, -0.2) is 38.5 Å². The first kappa shape index (κ1) is 18.6. The standard InChI is InChI=1S/C20H22N2O5/c1-13(10-14-8-9-15(24-2)18(11-14)25-3)21-22-20(23)19-12-26-16-6-4-5-7-17(16)27-19/h4-9,11,19H,10,12H2,1-3H3,(H,22,23)/b21-13-/t19-/m1/s1. The molecule has 2 aromatic carbocycles. The van der Waals surface area contributed by atoms with Crippen molar-refractivity contribution < 1.29 is 23.7 Å². The van der Waals surface area contributed by atoms with Gasteiger partial charge in [0.25, 0.3) is 5.91 Å². The molecular formula is C20H22N2O5. The number of hydrogen-bond acceptors (Lipinski definition) is 6. The third-order valence-corrected chi connectivity index (χ3v) is 4.07. The summed E-state index contributed by atoms with van der Waals surface area (Å²) < 4.78 is 21.7. The van der Waals surface area contributed by atoms with Gasteiger partial charge in [0.05, 0.1) is 14.2 Å². The summed E-state index contributed by atoms with van der Waals surface area (Å²) in [6.07, 6.45) is -0.177. The number of carbonyl (C=O) groups is 1. The number of hydrazone groups is 1. The average Bonchev–Trinajstić information content (AvgIpc) is 2.71. The zero-order valence-electron chi connectivity index (χ0n) is 15.5. The fourth-order valence-corrected chi connectivity index (χ4v) is 2.70. The van der Waals surface area contributed by atoms with Crippen molar-refractivity contribution >= 4 is 11.6 Å². The van der Waals surface area contributed by atoms with Crippen LogP contribution in [0.4, 0.5) is 0 Å². The summed E-state index contributed by atoms with van der Waals surface area (Å²) in [7, 11) is 3.18. The van der Waals surface area contributed by atoms with Crippen LogP contribution in [0.15, 0.2) is 47.6 Å². The lowest BCUT2D eigenvalue weighted by molar-refractivity contribution is -0.130. The Bertz CT molecular complexity index is 850. The molecule has 27 heavy (non-hydrogen) atoms. The van der Waals surface area contributed by atoms with E-state index >= 15 is 0 Å². The molecule has 1 aliphatic rings. The number of carbonyl (C=O) groups excluding carboxylic acids is 1. The van der Waals surface area contributed by atoms with Crippen molar-refractivity contribution in [2.24, 2.45) is 5.10 Å². The maximum Gasteiger partial charge on any atom is 0.284 e. The van der Waals surface area contributed by atoms with E-state index in [1.54, 1.807) is 26.4 Å². The molecular weight excluding hydrogens is 348 g/mol. The summed E-state index contributed by atoms with van der Waals surface area (Å²) >= 11 is 0. The molecule has 1 aliphatic heterocycles. The number of methoxy groups -OCH3 is 2. The number of rotatable bonds is 6. The molecule has 2 aromatic rings. The highest BCUT2D eigenvalue weighted by Crippen LogP contribution is 2.31. The zero-order chi connectivity index (χ0) is 19.2. The lowest BCUT2D eigenvalue weighted by Gasteiger charge is -2.24. The highest BCUT2D eigenvalue weighted by atomic mass is 16.6. The Balaban J connectivity index is 1.58. The normalized spacial score (nSPS) is 15.8. The Kier molecular flexibility index (Phi) is 5.80. The Morgan fingerprint density at radius 2 is 1.89 bits per heavy atom. The molecule has 142 valence electrons. The summed E-state index contributed by atoms with van der Waals surface area (Å²) in [5.41, 5.74) is 4.28. The van der Waals surface area contributed by atoms with E-state index in [0.29, 0.717) is 29.4 Å². The zero-order valence-corrected chi connectivity index (χ0v) is 15.5. The quantitative estimate of drug-likeness (QED) is 0.625. The number of ether oxygens (including phenoxy) is 4. The summed E-state index contributed by atoms with van der Waals surface area (Å²) in [4.78, 5) is 12.3. The average molecular weight is 370 g/mol. The molecule has 1 amide bonds. The molecule has 7 heteroatoms. The molecule has 0 saturated heterocycles. The molecule has 1 atom stereocenters. The number of amides is 1. The predicted molar refractivity (Wildman–Crippen MR) is 101 cm³/mol. The van der Waals surface area contributed by atoms with Gasteiger partial charge < -0.3 is 18.9 Å². The topological polar surface area (TPSA) is 78.4 Å². The second-order valence-electron chi connectivity index (χ2n) is 6.05. The lowest BCUT2D eigenvalue weighted by Crippen LogP contribution is -2.42. The van der Waals surface area contributed by atoms with Gasteiger partial charge in [-0.1, -0.05) is 18.2 Å². The van der Waals surface area contributed by atoms with E-state index in [1.807, 2.05) is 37.3 Å². The van der Waals surface area contributed by atoms with Crippen molar-refractivity contribution in [1.82, 2.24) is 5.43 Å². The third kappa shape index (κ3) is 4.49. The summed E-state index contributed by atoms with van der Waals surface area (Å²) in [6.45, 7) is 1.98. The minimum atomic E-state index is -0.738. The number of nitrogens with zero attached hydrogens (tertiary/aromatic N) is 1. The first-order chi connectivity index (χ1) is 13.1. The van der Waals surface area contributed by atoms with Crippen LogP contribution in [-0.2, 0) is 11.2 Å². The summed E-state index contributed by atoms with van der Waals surface area (Å²) in [5.74, 6) is 2.15. The molecule has 7 nitrogen and oxygen atoms in total. The monoisotopic (exact) mass is 370 g/mol. The molecule has 0 spiro atoms. The molecule has 1 N–H and O–H groups in total. The lowest BCUT2D eigenvalue weighted by atomic mass is 10.1. The van der Waals surface area contributed by atoms with Crippen molar-refractivity contribution in [2.75, 3.05) is 20.8 Å². The number of para-hydroxylation sites is 2. The highest BCUT2D eigenvalue weighted by Gasteiger charge is 2.27. The van der Waals surface area contributed by atoms with Gasteiger partial charge in [-0.3, -0.25) is 4.79 Å². The first-order valence-electron chi connectivity index (χ1n) is 8.53. The minimum absolute atomic E-state index is 0.146. The van der Waals surface area contributed by atoms with Gasteiger partial charge in [-0.2, -0.15) is 5.10 Å². The Morgan fingerprint density at radius 1 is 1.15 bits per heavy atom. The van der Waals surface area contributed by atoms with Crippen LogP contribution in [0.2, 0.25) is 0 Å². The van der Waals surface area contributed by atoms with Crippen LogP contribution in [0, 0.1) is 0 Å². The molecule has 0 fully saturated rings. The van der Waals surface area contributed by atoms with E-state index in [2.05, 4.69) is 10.5 Å². The third-order valence-electron chi connectivity index (χ3n) is 4.07. The molecule has 0 aliphatic carbocycles. The second-order valence-corrected chi connectivity index (χ2v) is 6.05. The van der Waals surface area contributed by atoms with E-state index in [1.165, 1.54) is 0 Å². The highest BCUT2D eigenvalue weighted by molar-refractivity contribution is 5.87. The Morgan fingerprint density at radius 3 is 2.63 bits per heavy atom. The van der Waals surface area contributed by atoms with Gasteiger partial charge in [-0.15, -0.1) is 0 Å². The number of fused-ring (bicyclic) bond motifs is 1. The van der Waals surface area contributed by atoms with Crippen molar-refractivity contribution in [3.05, 3.63) is 48.0 Å². The van der Waals surface area contributed by atoms with Crippen LogP contribution in [0.5, 0.6) is 23.0 Å². The van der Waals surface area contributed by atoms with Crippen LogP contribution in [0.3, 0.4) is 0 Å². The SMILES string of the molecule is COc1ccc(C/C(C)=N\NC(=O)[C@H]2COc3ccccc3O2)cc1OC. The van der Waals surface area contributed by atoms with Gasteiger partial charge in [0, 0.05) is 12.1 Å². The van der Waals surface area contributed by atoms with E-state index in [-0.39, 0.29) is 12.5 Å². The first-order valence-corrected chi connectivity index (χ1v) is 8.53. The van der Waals surface area contributed by atoms with E-state index < -0.39 is 6.10 Å². The van der Waals surface area contributed by atoms with E-state index in [0.717, 1.165) is 11.3 Å². The fraction of sp³-hybridized carbons (Fsp3) is 0.300. The smallest absolute Gasteiger partial charge is 0.284 e. The summed E-state index contributed by atoms with van der Waals surface area (Å²) in [6, 6.07) is 12.9. The summed E-state index contributed by atoms with van der Waals surface area (Å²) in [5, 5.41) is 4.16. The number of hydrogen-bond donors (Lipinski definition) is 1. The molecule has 3 rings (SSSR count). The van der Waals surface area contributed by atoms with Crippen molar-refractivity contribution in [2.45, 2.75) is 19.4 Å². The molecule has 0 bridgehead atoms. The van der Waals surface area contributed by atoms with Gasteiger partial charge in [-0.05, 0) is 36.8 Å².